The monoisotopic (exact) mass is 305 g/mol. The topological polar surface area (TPSA) is 61.6 Å². The third-order valence-electron chi connectivity index (χ3n) is 3.27. The molecule has 7 heteroatoms. The molecule has 1 heterocycles. The van der Waals surface area contributed by atoms with Gasteiger partial charge in [0.1, 0.15) is 13.2 Å². The summed E-state index contributed by atoms with van der Waals surface area (Å²) in [5.74, 6) is 0. The van der Waals surface area contributed by atoms with E-state index in [-0.39, 0.29) is 18.1 Å². The van der Waals surface area contributed by atoms with Crippen molar-refractivity contribution in [1.82, 2.24) is 0 Å². The highest BCUT2D eigenvalue weighted by molar-refractivity contribution is 6.42. The van der Waals surface area contributed by atoms with Gasteiger partial charge in [-0.05, 0) is 12.1 Å². The Morgan fingerprint density at radius 3 is 2.47 bits per heavy atom. The lowest BCUT2D eigenvalue weighted by Crippen LogP contribution is -2.50. The predicted octanol–water partition coefficient (Wildman–Crippen LogP) is 3.46. The molecule has 0 bridgehead atoms. The number of rotatable bonds is 3. The first-order valence-corrected chi connectivity index (χ1v) is 6.57. The molecule has 0 radical (unpaired) electrons. The standard InChI is InChI=1S/C12H13Cl2NO4/c1-2-12(15(16)17)6-18-11(19-7-12)8-3-4-9(13)10(14)5-8/h3-5,11H,2,6-7H2,1H3. The van der Waals surface area contributed by atoms with Crippen molar-refractivity contribution in [2.45, 2.75) is 25.2 Å². The lowest BCUT2D eigenvalue weighted by atomic mass is 9.98. The summed E-state index contributed by atoms with van der Waals surface area (Å²) in [5.41, 5.74) is -0.463. The third-order valence-corrected chi connectivity index (χ3v) is 4.01. The van der Waals surface area contributed by atoms with Gasteiger partial charge in [0, 0.05) is 16.9 Å². The molecule has 0 N–H and O–H groups in total. The molecule has 1 saturated heterocycles. The van der Waals surface area contributed by atoms with E-state index < -0.39 is 11.8 Å². The first-order chi connectivity index (χ1) is 8.98. The number of nitro groups is 1. The Hall–Kier alpha value is -0.880. The van der Waals surface area contributed by atoms with E-state index in [0.29, 0.717) is 22.0 Å². The average Bonchev–Trinajstić information content (AvgIpc) is 2.42. The van der Waals surface area contributed by atoms with Crippen LogP contribution in [0.3, 0.4) is 0 Å². The van der Waals surface area contributed by atoms with Gasteiger partial charge in [0.15, 0.2) is 6.29 Å². The zero-order chi connectivity index (χ0) is 14.0. The van der Waals surface area contributed by atoms with Gasteiger partial charge in [0.25, 0.3) is 5.54 Å². The van der Waals surface area contributed by atoms with Crippen LogP contribution in [0.2, 0.25) is 10.0 Å². The summed E-state index contributed by atoms with van der Waals surface area (Å²) < 4.78 is 10.9. The molecule has 0 aliphatic carbocycles. The Morgan fingerprint density at radius 1 is 1.37 bits per heavy atom. The molecule has 104 valence electrons. The Bertz CT molecular complexity index is 487. The molecule has 1 aliphatic heterocycles. The van der Waals surface area contributed by atoms with Crippen LogP contribution in [0.5, 0.6) is 0 Å². The summed E-state index contributed by atoms with van der Waals surface area (Å²) >= 11 is 11.7. The third kappa shape index (κ3) is 2.84. The molecular weight excluding hydrogens is 293 g/mol. The molecule has 0 unspecified atom stereocenters. The number of benzene rings is 1. The molecule has 1 aromatic carbocycles. The summed E-state index contributed by atoms with van der Waals surface area (Å²) in [6, 6.07) is 5.00. The van der Waals surface area contributed by atoms with E-state index in [1.807, 2.05) is 0 Å². The van der Waals surface area contributed by atoms with E-state index >= 15 is 0 Å². The maximum atomic E-state index is 11.1. The lowest BCUT2D eigenvalue weighted by molar-refractivity contribution is -0.592. The zero-order valence-electron chi connectivity index (χ0n) is 10.3. The predicted molar refractivity (Wildman–Crippen MR) is 71.1 cm³/mol. The summed E-state index contributed by atoms with van der Waals surface area (Å²) in [5, 5.41) is 11.9. The first kappa shape index (κ1) is 14.5. The zero-order valence-corrected chi connectivity index (χ0v) is 11.8. The molecule has 0 amide bonds. The van der Waals surface area contributed by atoms with Gasteiger partial charge in [-0.3, -0.25) is 10.1 Å². The van der Waals surface area contributed by atoms with Crippen LogP contribution in [-0.2, 0) is 9.47 Å². The molecular formula is C12H13Cl2NO4. The van der Waals surface area contributed by atoms with E-state index in [2.05, 4.69) is 0 Å². The molecule has 19 heavy (non-hydrogen) atoms. The second-order valence-electron chi connectivity index (χ2n) is 4.46. The van der Waals surface area contributed by atoms with Gasteiger partial charge in [-0.2, -0.15) is 0 Å². The van der Waals surface area contributed by atoms with Crippen molar-refractivity contribution < 1.29 is 14.4 Å². The van der Waals surface area contributed by atoms with Crippen LogP contribution < -0.4 is 0 Å². The Morgan fingerprint density at radius 2 is 2.00 bits per heavy atom. The van der Waals surface area contributed by atoms with Crippen molar-refractivity contribution in [2.75, 3.05) is 13.2 Å². The summed E-state index contributed by atoms with van der Waals surface area (Å²) in [6.07, 6.45) is -0.289. The maximum absolute atomic E-state index is 11.1. The van der Waals surface area contributed by atoms with Crippen LogP contribution >= 0.6 is 23.2 Å². The van der Waals surface area contributed by atoms with Gasteiger partial charge in [0.2, 0.25) is 0 Å². The van der Waals surface area contributed by atoms with Crippen molar-refractivity contribution in [3.8, 4) is 0 Å². The van der Waals surface area contributed by atoms with E-state index in [4.69, 9.17) is 32.7 Å². The number of halogens is 2. The van der Waals surface area contributed by atoms with Crippen molar-refractivity contribution >= 4 is 23.2 Å². The van der Waals surface area contributed by atoms with Gasteiger partial charge in [-0.15, -0.1) is 0 Å². The van der Waals surface area contributed by atoms with Gasteiger partial charge in [-0.1, -0.05) is 36.2 Å². The van der Waals surface area contributed by atoms with Crippen molar-refractivity contribution in [1.29, 1.82) is 0 Å². The maximum Gasteiger partial charge on any atom is 0.267 e. The normalized spacial score (nSPS) is 27.2. The van der Waals surface area contributed by atoms with Crippen LogP contribution in [0, 0.1) is 10.1 Å². The SMILES string of the molecule is CCC1([N+](=O)[O-])COC(c2ccc(Cl)c(Cl)c2)OC1. The van der Waals surface area contributed by atoms with Gasteiger partial charge in [0.05, 0.1) is 10.0 Å². The Labute approximate surface area is 120 Å². The number of nitrogens with zero attached hydrogens (tertiary/aromatic N) is 1. The number of ether oxygens (including phenoxy) is 2. The summed E-state index contributed by atoms with van der Waals surface area (Å²) in [4.78, 5) is 10.7. The summed E-state index contributed by atoms with van der Waals surface area (Å²) in [6.45, 7) is 1.78. The van der Waals surface area contributed by atoms with Crippen molar-refractivity contribution in [3.63, 3.8) is 0 Å². The van der Waals surface area contributed by atoms with Crippen molar-refractivity contribution in [2.24, 2.45) is 0 Å². The largest absolute Gasteiger partial charge is 0.341 e. The second-order valence-corrected chi connectivity index (χ2v) is 5.28. The Balaban J connectivity index is 2.11. The highest BCUT2D eigenvalue weighted by Gasteiger charge is 2.46. The minimum atomic E-state index is -1.16. The Kier molecular flexibility index (Phi) is 4.30. The molecule has 1 aliphatic rings. The minimum absolute atomic E-state index is 0.0153. The quantitative estimate of drug-likeness (QED) is 0.633. The van der Waals surface area contributed by atoms with Gasteiger partial charge >= 0.3 is 0 Å². The van der Waals surface area contributed by atoms with Crippen molar-refractivity contribution in [3.05, 3.63) is 43.9 Å². The molecule has 0 saturated carbocycles. The fourth-order valence-electron chi connectivity index (χ4n) is 1.84. The molecule has 1 fully saturated rings. The molecule has 0 atom stereocenters. The molecule has 2 rings (SSSR count). The molecule has 0 spiro atoms. The van der Waals surface area contributed by atoms with Crippen LogP contribution in [0.15, 0.2) is 18.2 Å². The van der Waals surface area contributed by atoms with E-state index in [9.17, 15) is 10.1 Å². The smallest absolute Gasteiger partial charge is 0.267 e. The highest BCUT2D eigenvalue weighted by Crippen LogP contribution is 2.33. The van der Waals surface area contributed by atoms with Crippen LogP contribution in [0.1, 0.15) is 25.2 Å². The fourth-order valence-corrected chi connectivity index (χ4v) is 2.15. The van der Waals surface area contributed by atoms with Gasteiger partial charge in [-0.25, -0.2) is 0 Å². The van der Waals surface area contributed by atoms with Crippen LogP contribution in [-0.4, -0.2) is 23.7 Å². The van der Waals surface area contributed by atoms with E-state index in [0.717, 1.165) is 0 Å². The molecule has 1 aromatic rings. The molecule has 0 aromatic heterocycles. The van der Waals surface area contributed by atoms with Crippen LogP contribution in [0.4, 0.5) is 0 Å². The van der Waals surface area contributed by atoms with E-state index in [1.54, 1.807) is 25.1 Å². The number of hydrogen-bond acceptors (Lipinski definition) is 4. The van der Waals surface area contributed by atoms with Crippen LogP contribution in [0.25, 0.3) is 0 Å². The minimum Gasteiger partial charge on any atom is -0.341 e. The first-order valence-electron chi connectivity index (χ1n) is 5.81. The van der Waals surface area contributed by atoms with Gasteiger partial charge < -0.3 is 9.47 Å². The second kappa shape index (κ2) is 5.63. The average molecular weight is 306 g/mol. The fraction of sp³-hybridized carbons (Fsp3) is 0.500. The molecule has 5 nitrogen and oxygen atoms in total. The summed E-state index contributed by atoms with van der Waals surface area (Å²) in [7, 11) is 0. The van der Waals surface area contributed by atoms with E-state index in [1.165, 1.54) is 0 Å². The number of hydrogen-bond donors (Lipinski definition) is 0. The lowest BCUT2D eigenvalue weighted by Gasteiger charge is -2.33. The highest BCUT2D eigenvalue weighted by atomic mass is 35.5.